The zero-order valence-corrected chi connectivity index (χ0v) is 33.2. The fraction of sp³-hybridized carbons (Fsp3) is 0.191. The fourth-order valence-corrected chi connectivity index (χ4v) is 10.1. The number of allylic oxidation sites excluding steroid dienone is 2. The Hall–Kier alpha value is -6.21. The number of rotatable bonds is 8. The van der Waals surface area contributed by atoms with E-state index in [1.807, 2.05) is 40.8 Å². The van der Waals surface area contributed by atoms with Crippen LogP contribution >= 0.6 is 22.6 Å². The van der Waals surface area contributed by atoms with Gasteiger partial charge in [0.2, 0.25) is 23.6 Å². The van der Waals surface area contributed by atoms with Crippen molar-refractivity contribution in [1.82, 2.24) is 0 Å². The second-order valence-electron chi connectivity index (χ2n) is 15.1. The van der Waals surface area contributed by atoms with E-state index in [9.17, 15) is 33.9 Å². The summed E-state index contributed by atoms with van der Waals surface area (Å²) in [5, 5.41) is 10.8. The third-order valence-electron chi connectivity index (χ3n) is 12.1. The van der Waals surface area contributed by atoms with Gasteiger partial charge in [-0.3, -0.25) is 38.6 Å². The molecule has 0 spiro atoms. The van der Waals surface area contributed by atoms with Gasteiger partial charge in [0, 0.05) is 28.2 Å². The monoisotopic (exact) mass is 882 g/mol. The van der Waals surface area contributed by atoms with Crippen LogP contribution in [-0.4, -0.2) is 47.4 Å². The van der Waals surface area contributed by atoms with Crippen LogP contribution in [-0.2, 0) is 19.2 Å². The van der Waals surface area contributed by atoms with Crippen molar-refractivity contribution >= 4 is 69.2 Å². The number of phenols is 1. The van der Waals surface area contributed by atoms with Gasteiger partial charge in [0.05, 0.1) is 45.7 Å². The number of halogens is 1. The number of ether oxygens (including phenoxy) is 1. The van der Waals surface area contributed by atoms with Crippen molar-refractivity contribution in [2.75, 3.05) is 16.9 Å². The average Bonchev–Trinajstić information content (AvgIpc) is 3.67. The van der Waals surface area contributed by atoms with Crippen LogP contribution in [0.5, 0.6) is 11.5 Å². The summed E-state index contributed by atoms with van der Waals surface area (Å²) >= 11 is 2.00. The normalized spacial score (nSPS) is 23.6. The molecular weight excluding hydrogens is 847 g/mol. The number of methoxy groups -OCH3 is 1. The molecule has 4 aliphatic rings. The Bertz CT molecular complexity index is 2570. The number of anilines is 2. The number of amides is 4. The van der Waals surface area contributed by atoms with Crippen LogP contribution in [0.4, 0.5) is 11.4 Å². The summed E-state index contributed by atoms with van der Waals surface area (Å²) in [6, 6.07) is 34.0. The van der Waals surface area contributed by atoms with Gasteiger partial charge in [-0.2, -0.15) is 0 Å². The lowest BCUT2D eigenvalue weighted by Crippen LogP contribution is -2.43. The predicted octanol–water partition coefficient (Wildman–Crippen LogP) is 7.51. The van der Waals surface area contributed by atoms with Gasteiger partial charge in [-0.25, -0.2) is 0 Å². The van der Waals surface area contributed by atoms with Crippen LogP contribution in [0.2, 0.25) is 0 Å². The van der Waals surface area contributed by atoms with E-state index >= 15 is 0 Å². The molecule has 288 valence electrons. The number of fused-ring (bicyclic) bond motifs is 4. The van der Waals surface area contributed by atoms with E-state index in [1.165, 1.54) is 16.9 Å². The zero-order chi connectivity index (χ0) is 40.4. The number of ketones is 2. The highest BCUT2D eigenvalue weighted by Crippen LogP contribution is 2.59. The number of hydrogen-bond acceptors (Lipinski definition) is 8. The van der Waals surface area contributed by atoms with Crippen LogP contribution in [0, 0.1) is 33.2 Å². The van der Waals surface area contributed by atoms with Crippen LogP contribution in [0.25, 0.3) is 0 Å². The first-order valence-electron chi connectivity index (χ1n) is 19.0. The maximum atomic E-state index is 14.7. The molecule has 2 heterocycles. The summed E-state index contributed by atoms with van der Waals surface area (Å²) in [6.45, 7) is 0. The molecule has 0 bridgehead atoms. The molecule has 5 aromatic rings. The molecule has 2 aliphatic carbocycles. The van der Waals surface area contributed by atoms with Crippen molar-refractivity contribution in [2.45, 2.75) is 18.8 Å². The summed E-state index contributed by atoms with van der Waals surface area (Å²) in [7, 11) is 1.44. The van der Waals surface area contributed by atoms with E-state index < -0.39 is 53.2 Å². The average molecular weight is 883 g/mol. The first kappa shape index (κ1) is 37.4. The highest BCUT2D eigenvalue weighted by molar-refractivity contribution is 14.1. The first-order valence-corrected chi connectivity index (χ1v) is 20.1. The van der Waals surface area contributed by atoms with E-state index in [-0.39, 0.29) is 41.8 Å². The smallest absolute Gasteiger partial charge is 0.238 e. The van der Waals surface area contributed by atoms with E-state index in [4.69, 9.17) is 4.74 Å². The molecule has 10 nitrogen and oxygen atoms in total. The van der Waals surface area contributed by atoms with Crippen molar-refractivity contribution in [3.8, 4) is 11.5 Å². The van der Waals surface area contributed by atoms with Crippen LogP contribution in [0.15, 0.2) is 133 Å². The number of imide groups is 2. The first-order chi connectivity index (χ1) is 28.1. The number of aromatic hydroxyl groups is 1. The largest absolute Gasteiger partial charge is 0.504 e. The minimum absolute atomic E-state index is 0.0577. The van der Waals surface area contributed by atoms with E-state index in [0.717, 1.165) is 5.57 Å². The summed E-state index contributed by atoms with van der Waals surface area (Å²) in [6.07, 6.45) is 2.38. The second kappa shape index (κ2) is 14.6. The summed E-state index contributed by atoms with van der Waals surface area (Å²) in [5.74, 6) is -6.18. The Morgan fingerprint density at radius 1 is 0.621 bits per heavy atom. The highest BCUT2D eigenvalue weighted by Gasteiger charge is 2.62. The minimum Gasteiger partial charge on any atom is -0.504 e. The molecule has 3 fully saturated rings. The fourth-order valence-electron chi connectivity index (χ4n) is 9.44. The van der Waals surface area contributed by atoms with Crippen molar-refractivity contribution < 1.29 is 38.6 Å². The Balaban J connectivity index is 1.07. The molecule has 1 saturated carbocycles. The minimum atomic E-state index is -0.847. The van der Waals surface area contributed by atoms with Crippen molar-refractivity contribution in [1.29, 1.82) is 0 Å². The summed E-state index contributed by atoms with van der Waals surface area (Å²) in [4.78, 5) is 86.6. The van der Waals surface area contributed by atoms with Crippen molar-refractivity contribution in [2.24, 2.45) is 29.6 Å². The third-order valence-corrected chi connectivity index (χ3v) is 12.9. The lowest BCUT2D eigenvalue weighted by molar-refractivity contribution is -0.126. The van der Waals surface area contributed by atoms with Crippen molar-refractivity contribution in [3.63, 3.8) is 0 Å². The molecule has 58 heavy (non-hydrogen) atoms. The molecule has 11 heteroatoms. The molecule has 9 rings (SSSR count). The number of benzene rings is 5. The number of carbonyl (C=O) groups excluding carboxylic acids is 6. The third kappa shape index (κ3) is 5.98. The van der Waals surface area contributed by atoms with Crippen LogP contribution in [0.3, 0.4) is 0 Å². The van der Waals surface area contributed by atoms with Crippen molar-refractivity contribution in [3.05, 3.63) is 164 Å². The van der Waals surface area contributed by atoms with E-state index in [0.29, 0.717) is 42.8 Å². The van der Waals surface area contributed by atoms with Gasteiger partial charge in [-0.15, -0.1) is 0 Å². The van der Waals surface area contributed by atoms with Gasteiger partial charge in [0.25, 0.3) is 0 Å². The molecule has 6 atom stereocenters. The number of carbonyl (C=O) groups is 6. The Morgan fingerprint density at radius 2 is 1.10 bits per heavy atom. The van der Waals surface area contributed by atoms with Gasteiger partial charge >= 0.3 is 0 Å². The number of hydrogen-bond donors (Lipinski definition) is 1. The molecule has 0 aromatic heterocycles. The molecule has 2 aliphatic heterocycles. The van der Waals surface area contributed by atoms with E-state index in [1.54, 1.807) is 109 Å². The van der Waals surface area contributed by atoms with Gasteiger partial charge < -0.3 is 9.84 Å². The van der Waals surface area contributed by atoms with Crippen LogP contribution in [0.1, 0.15) is 56.2 Å². The predicted molar refractivity (Wildman–Crippen MR) is 223 cm³/mol. The maximum absolute atomic E-state index is 14.7. The second-order valence-corrected chi connectivity index (χ2v) is 16.2. The van der Waals surface area contributed by atoms with Gasteiger partial charge in [-0.1, -0.05) is 72.3 Å². The van der Waals surface area contributed by atoms with Crippen LogP contribution < -0.4 is 14.5 Å². The standard InChI is InChI=1S/C47H35IN2O8/c1-58-37-23-29(22-36(48)43(37)53)38-32-20-21-33-39(46(56)49(44(33)54)30-16-12-27(13-17-30)41(51)25-8-4-2-5-9-25)34(32)24-35-40(38)47(57)50(45(35)55)31-18-14-28(15-19-31)42(52)26-10-6-3-7-11-26/h2-20,22-23,33-35,38-40,53H,21,24H2,1H3. The molecule has 5 aromatic carbocycles. The Labute approximate surface area is 347 Å². The van der Waals surface area contributed by atoms with Gasteiger partial charge in [0.15, 0.2) is 23.1 Å². The SMILES string of the molecule is COc1cc(C2C3=CCC4C(=O)N(c5ccc(C(=O)c6ccccc6)cc5)C(=O)C4C3CC3C(=O)N(c4ccc(C(=O)c5ccccc5)cc4)C(=O)C32)cc(I)c1O. The molecule has 6 unspecified atom stereocenters. The highest BCUT2D eigenvalue weighted by atomic mass is 127. The summed E-state index contributed by atoms with van der Waals surface area (Å²) < 4.78 is 6.01. The lowest BCUT2D eigenvalue weighted by Gasteiger charge is -2.44. The Morgan fingerprint density at radius 3 is 1.62 bits per heavy atom. The van der Waals surface area contributed by atoms with Gasteiger partial charge in [0.1, 0.15) is 0 Å². The number of phenolic OH excluding ortho intramolecular Hbond substituents is 1. The molecule has 1 N–H and O–H groups in total. The topological polar surface area (TPSA) is 138 Å². The zero-order valence-electron chi connectivity index (χ0n) is 31.1. The molecule has 4 amide bonds. The maximum Gasteiger partial charge on any atom is 0.238 e. The molecule has 2 saturated heterocycles. The molecular formula is C47H35IN2O8. The van der Waals surface area contributed by atoms with Gasteiger partial charge in [-0.05, 0) is 108 Å². The van der Waals surface area contributed by atoms with E-state index in [2.05, 4.69) is 0 Å². The molecule has 0 radical (unpaired) electrons. The quantitative estimate of drug-likeness (QED) is 0.0732. The Kier molecular flexibility index (Phi) is 9.42. The lowest BCUT2D eigenvalue weighted by atomic mass is 9.57. The summed E-state index contributed by atoms with van der Waals surface area (Å²) in [5.41, 5.74) is 3.98. The number of nitrogens with zero attached hydrogens (tertiary/aromatic N) is 2.